The smallest absolute Gasteiger partial charge is 0.261 e. The molecule has 1 aromatic heterocycles. The maximum atomic E-state index is 13.8. The highest BCUT2D eigenvalue weighted by atomic mass is 19.1. The molecular formula is C17H17FN2O3. The molecule has 120 valence electrons. The highest BCUT2D eigenvalue weighted by Crippen LogP contribution is 2.37. The second-order valence-electron chi connectivity index (χ2n) is 6.34. The Morgan fingerprint density at radius 2 is 2.13 bits per heavy atom. The molecule has 1 saturated carbocycles. The summed E-state index contributed by atoms with van der Waals surface area (Å²) in [5.41, 5.74) is 0.226. The lowest BCUT2D eigenvalue weighted by atomic mass is 10.0. The van der Waals surface area contributed by atoms with E-state index in [9.17, 15) is 14.0 Å². The summed E-state index contributed by atoms with van der Waals surface area (Å²) in [5.74, 6) is -0.144. The van der Waals surface area contributed by atoms with Gasteiger partial charge in [0.1, 0.15) is 11.6 Å². The van der Waals surface area contributed by atoms with Crippen LogP contribution in [0.5, 0.6) is 0 Å². The van der Waals surface area contributed by atoms with E-state index in [1.54, 1.807) is 4.57 Å². The van der Waals surface area contributed by atoms with E-state index in [-0.39, 0.29) is 34.3 Å². The van der Waals surface area contributed by atoms with E-state index in [1.807, 2.05) is 0 Å². The topological polar surface area (TPSA) is 61.2 Å². The lowest BCUT2D eigenvalue weighted by molar-refractivity contribution is 0.101. The summed E-state index contributed by atoms with van der Waals surface area (Å²) in [6, 6.07) is 2.48. The van der Waals surface area contributed by atoms with Crippen LogP contribution in [0, 0.1) is 5.82 Å². The number of carbonyl (C=O) groups is 1. The normalized spacial score (nSPS) is 21.0. The zero-order valence-electron chi connectivity index (χ0n) is 12.8. The molecule has 2 aliphatic rings. The Morgan fingerprint density at radius 3 is 2.74 bits per heavy atom. The molecule has 2 fully saturated rings. The number of nitrogens with zero attached hydrogens (tertiary/aromatic N) is 2. The SMILES string of the molecule is CC(=O)c1cc(F)cc2c(=O)n(C3CC3)c([C@@H]3CCOC3)nc12. The Morgan fingerprint density at radius 1 is 1.35 bits per heavy atom. The van der Waals surface area contributed by atoms with Crippen molar-refractivity contribution in [1.82, 2.24) is 9.55 Å². The number of benzene rings is 1. The molecule has 1 aliphatic heterocycles. The summed E-state index contributed by atoms with van der Waals surface area (Å²) in [6.45, 7) is 2.54. The third-order valence-corrected chi connectivity index (χ3v) is 4.58. The summed E-state index contributed by atoms with van der Waals surface area (Å²) < 4.78 is 21.0. The van der Waals surface area contributed by atoms with Gasteiger partial charge >= 0.3 is 0 Å². The minimum Gasteiger partial charge on any atom is -0.381 e. The monoisotopic (exact) mass is 316 g/mol. The van der Waals surface area contributed by atoms with Crippen molar-refractivity contribution in [2.75, 3.05) is 13.2 Å². The van der Waals surface area contributed by atoms with Crippen LogP contribution in [0.25, 0.3) is 10.9 Å². The molecule has 1 atom stereocenters. The molecule has 0 N–H and O–H groups in total. The minimum absolute atomic E-state index is 0.0533. The number of halogens is 1. The third-order valence-electron chi connectivity index (χ3n) is 4.58. The van der Waals surface area contributed by atoms with Gasteiger partial charge in [-0.15, -0.1) is 0 Å². The van der Waals surface area contributed by atoms with Gasteiger partial charge in [-0.3, -0.25) is 14.2 Å². The number of ether oxygens (including phenoxy) is 1. The molecule has 6 heteroatoms. The van der Waals surface area contributed by atoms with Gasteiger partial charge in [0.25, 0.3) is 5.56 Å². The first kappa shape index (κ1) is 14.5. The first-order valence-corrected chi connectivity index (χ1v) is 7.90. The molecular weight excluding hydrogens is 299 g/mol. The van der Waals surface area contributed by atoms with E-state index in [1.165, 1.54) is 13.0 Å². The van der Waals surface area contributed by atoms with E-state index < -0.39 is 5.82 Å². The number of Topliss-reactive ketones (excluding diaryl/α,β-unsaturated/α-hetero) is 1. The fourth-order valence-electron chi connectivity index (χ4n) is 3.27. The predicted molar refractivity (Wildman–Crippen MR) is 82.4 cm³/mol. The third kappa shape index (κ3) is 2.37. The van der Waals surface area contributed by atoms with Crippen molar-refractivity contribution < 1.29 is 13.9 Å². The van der Waals surface area contributed by atoms with Crippen molar-refractivity contribution >= 4 is 16.7 Å². The number of fused-ring (bicyclic) bond motifs is 1. The van der Waals surface area contributed by atoms with Crippen LogP contribution in [-0.4, -0.2) is 28.5 Å². The Labute approximate surface area is 132 Å². The van der Waals surface area contributed by atoms with E-state index in [2.05, 4.69) is 4.98 Å². The van der Waals surface area contributed by atoms with Gasteiger partial charge in [-0.2, -0.15) is 0 Å². The fourth-order valence-corrected chi connectivity index (χ4v) is 3.27. The Balaban J connectivity index is 2.06. The summed E-state index contributed by atoms with van der Waals surface area (Å²) >= 11 is 0. The molecule has 1 aliphatic carbocycles. The molecule has 0 amide bonds. The number of hydrogen-bond acceptors (Lipinski definition) is 4. The van der Waals surface area contributed by atoms with Crippen molar-refractivity contribution in [3.05, 3.63) is 39.7 Å². The number of ketones is 1. The Bertz CT molecular complexity index is 864. The van der Waals surface area contributed by atoms with Crippen LogP contribution in [0.4, 0.5) is 4.39 Å². The van der Waals surface area contributed by atoms with E-state index >= 15 is 0 Å². The number of carbonyl (C=O) groups excluding carboxylic acids is 1. The zero-order valence-corrected chi connectivity index (χ0v) is 12.8. The van der Waals surface area contributed by atoms with E-state index in [4.69, 9.17) is 4.74 Å². The van der Waals surface area contributed by atoms with Crippen molar-refractivity contribution in [3.63, 3.8) is 0 Å². The quantitative estimate of drug-likeness (QED) is 0.817. The van der Waals surface area contributed by atoms with Crippen molar-refractivity contribution in [2.45, 2.75) is 38.1 Å². The number of aromatic nitrogens is 2. The fraction of sp³-hybridized carbons (Fsp3) is 0.471. The molecule has 0 bridgehead atoms. The van der Waals surface area contributed by atoms with Gasteiger partial charge in [0, 0.05) is 24.1 Å². The van der Waals surface area contributed by atoms with Gasteiger partial charge in [0.05, 0.1) is 17.5 Å². The lowest BCUT2D eigenvalue weighted by Gasteiger charge is -2.17. The van der Waals surface area contributed by atoms with E-state index in [0.29, 0.717) is 24.6 Å². The van der Waals surface area contributed by atoms with Crippen LogP contribution in [-0.2, 0) is 4.74 Å². The van der Waals surface area contributed by atoms with Gasteiger partial charge in [0.15, 0.2) is 5.78 Å². The minimum atomic E-state index is -0.583. The molecule has 2 aromatic rings. The molecule has 5 nitrogen and oxygen atoms in total. The highest BCUT2D eigenvalue weighted by molar-refractivity contribution is 6.05. The number of hydrogen-bond donors (Lipinski definition) is 0. The molecule has 4 rings (SSSR count). The summed E-state index contributed by atoms with van der Waals surface area (Å²) in [7, 11) is 0. The van der Waals surface area contributed by atoms with Gasteiger partial charge in [-0.1, -0.05) is 0 Å². The first-order valence-electron chi connectivity index (χ1n) is 7.90. The Kier molecular flexibility index (Phi) is 3.30. The lowest BCUT2D eigenvalue weighted by Crippen LogP contribution is -2.27. The van der Waals surface area contributed by atoms with Crippen molar-refractivity contribution in [2.24, 2.45) is 0 Å². The average Bonchev–Trinajstić information content (AvgIpc) is 3.20. The van der Waals surface area contributed by atoms with Crippen molar-refractivity contribution in [1.29, 1.82) is 0 Å². The molecule has 23 heavy (non-hydrogen) atoms. The van der Waals surface area contributed by atoms with Crippen molar-refractivity contribution in [3.8, 4) is 0 Å². The second kappa shape index (κ2) is 5.23. The van der Waals surface area contributed by atoms with Gasteiger partial charge < -0.3 is 4.74 Å². The van der Waals surface area contributed by atoms with Crippen LogP contribution < -0.4 is 5.56 Å². The molecule has 0 unspecified atom stereocenters. The Hall–Kier alpha value is -2.08. The van der Waals surface area contributed by atoms with Crippen LogP contribution in [0.2, 0.25) is 0 Å². The standard InChI is InChI=1S/C17H17FN2O3/c1-9(21)13-6-11(18)7-14-15(13)19-16(10-4-5-23-8-10)20(17(14)22)12-2-3-12/h6-7,10,12H,2-5,8H2,1H3/t10-/m1/s1. The summed E-state index contributed by atoms with van der Waals surface area (Å²) in [4.78, 5) is 29.4. The average molecular weight is 316 g/mol. The molecule has 1 saturated heterocycles. The molecule has 1 aromatic carbocycles. The summed E-state index contributed by atoms with van der Waals surface area (Å²) in [6.07, 6.45) is 2.67. The van der Waals surface area contributed by atoms with E-state index in [0.717, 1.165) is 25.3 Å². The van der Waals surface area contributed by atoms with Crippen LogP contribution in [0.3, 0.4) is 0 Å². The molecule has 0 spiro atoms. The maximum Gasteiger partial charge on any atom is 0.261 e. The molecule has 2 heterocycles. The van der Waals surface area contributed by atoms with Gasteiger partial charge in [-0.05, 0) is 38.3 Å². The maximum absolute atomic E-state index is 13.8. The largest absolute Gasteiger partial charge is 0.381 e. The zero-order chi connectivity index (χ0) is 16.1. The van der Waals surface area contributed by atoms with Crippen LogP contribution >= 0.6 is 0 Å². The predicted octanol–water partition coefficient (Wildman–Crippen LogP) is 2.58. The molecule has 0 radical (unpaired) electrons. The van der Waals surface area contributed by atoms with Crippen LogP contribution in [0.1, 0.15) is 54.3 Å². The number of rotatable bonds is 3. The van der Waals surface area contributed by atoms with Crippen LogP contribution in [0.15, 0.2) is 16.9 Å². The highest BCUT2D eigenvalue weighted by Gasteiger charge is 2.33. The second-order valence-corrected chi connectivity index (χ2v) is 6.34. The first-order chi connectivity index (χ1) is 11.1. The van der Waals surface area contributed by atoms with Gasteiger partial charge in [-0.25, -0.2) is 9.37 Å². The summed E-state index contributed by atoms with van der Waals surface area (Å²) in [5, 5.41) is 0.185. The van der Waals surface area contributed by atoms with Gasteiger partial charge in [0.2, 0.25) is 0 Å².